The molecule has 4 aromatic rings. The number of anilines is 1. The van der Waals surface area contributed by atoms with E-state index in [-0.39, 0.29) is 23.2 Å². The highest BCUT2D eigenvalue weighted by molar-refractivity contribution is 9.10. The molecule has 1 N–H and O–H groups in total. The highest BCUT2D eigenvalue weighted by atomic mass is 79.9. The van der Waals surface area contributed by atoms with E-state index in [1.54, 1.807) is 39.0 Å². The third kappa shape index (κ3) is 4.76. The van der Waals surface area contributed by atoms with E-state index >= 15 is 0 Å². The summed E-state index contributed by atoms with van der Waals surface area (Å²) in [5.74, 6) is -0.504. The number of hydrogen-bond donors (Lipinski definition) is 1. The summed E-state index contributed by atoms with van der Waals surface area (Å²) in [4.78, 5) is 30.0. The van der Waals surface area contributed by atoms with E-state index in [1.807, 2.05) is 30.3 Å². The van der Waals surface area contributed by atoms with Crippen LogP contribution in [0.4, 0.5) is 5.69 Å². The van der Waals surface area contributed by atoms with Crippen LogP contribution in [0.15, 0.2) is 57.4 Å². The second-order valence-electron chi connectivity index (χ2n) is 8.93. The Hall–Kier alpha value is -2.67. The first-order valence-corrected chi connectivity index (χ1v) is 12.0. The summed E-state index contributed by atoms with van der Waals surface area (Å²) in [7, 11) is 0. The Labute approximate surface area is 215 Å². The number of Topliss-reactive ketones (excluding diaryl/α,β-unsaturated/α-hetero) is 1. The zero-order chi connectivity index (χ0) is 24.8. The molecule has 174 valence electrons. The summed E-state index contributed by atoms with van der Waals surface area (Å²) in [6, 6.07) is 14.7. The molecule has 0 radical (unpaired) electrons. The quantitative estimate of drug-likeness (QED) is 0.255. The normalized spacial score (nSPS) is 11.6. The fourth-order valence-electron chi connectivity index (χ4n) is 3.56. The number of ketones is 1. The SMILES string of the molecule is CC(=O)Nc1c(C(=O)C(C)(C)C)oc2nc(-c3ccc(Br)cc3Cl)c(-c3ccc(Cl)cc3)cc12. The van der Waals surface area contributed by atoms with Crippen LogP contribution in [0.2, 0.25) is 10.0 Å². The molecule has 0 fully saturated rings. The molecule has 5 nitrogen and oxygen atoms in total. The standard InChI is InChI=1S/C26H21BrCl2N2O3/c1-13(32)30-22-19-12-18(14-5-8-16(28)9-6-14)21(17-10-7-15(27)11-20(17)29)31-25(19)34-23(22)24(33)26(2,3)4/h5-12H,1-4H3,(H,30,32). The van der Waals surface area contributed by atoms with Crippen molar-refractivity contribution in [2.75, 3.05) is 5.32 Å². The number of amides is 1. The number of furan rings is 1. The van der Waals surface area contributed by atoms with Gasteiger partial charge in [0.15, 0.2) is 5.76 Å². The second-order valence-corrected chi connectivity index (χ2v) is 10.7. The lowest BCUT2D eigenvalue weighted by Gasteiger charge is -2.15. The number of nitrogens with one attached hydrogen (secondary N) is 1. The Morgan fingerprint density at radius 3 is 2.26 bits per heavy atom. The molecule has 4 rings (SSSR count). The molecule has 1 amide bonds. The van der Waals surface area contributed by atoms with E-state index in [2.05, 4.69) is 21.2 Å². The topological polar surface area (TPSA) is 72.2 Å². The first kappa shape index (κ1) is 24.5. The monoisotopic (exact) mass is 558 g/mol. The molecule has 0 aliphatic carbocycles. The molecular weight excluding hydrogens is 539 g/mol. The third-order valence-electron chi connectivity index (χ3n) is 5.21. The minimum Gasteiger partial charge on any atom is -0.432 e. The number of halogens is 3. The summed E-state index contributed by atoms with van der Waals surface area (Å²) >= 11 is 16.1. The van der Waals surface area contributed by atoms with Crippen LogP contribution in [0.1, 0.15) is 38.2 Å². The van der Waals surface area contributed by atoms with E-state index < -0.39 is 5.41 Å². The average Bonchev–Trinajstić information content (AvgIpc) is 3.09. The van der Waals surface area contributed by atoms with Gasteiger partial charge in [-0.05, 0) is 35.9 Å². The summed E-state index contributed by atoms with van der Waals surface area (Å²) in [5.41, 5.74) is 2.66. The van der Waals surface area contributed by atoms with Crippen molar-refractivity contribution in [2.24, 2.45) is 5.41 Å². The zero-order valence-electron chi connectivity index (χ0n) is 18.9. The highest BCUT2D eigenvalue weighted by Gasteiger charge is 2.31. The predicted octanol–water partition coefficient (Wildman–Crippen LogP) is 8.42. The van der Waals surface area contributed by atoms with Crippen molar-refractivity contribution in [3.8, 4) is 22.4 Å². The van der Waals surface area contributed by atoms with Gasteiger partial charge in [-0.2, -0.15) is 0 Å². The van der Waals surface area contributed by atoms with Gasteiger partial charge in [0.1, 0.15) is 5.69 Å². The van der Waals surface area contributed by atoms with Crippen molar-refractivity contribution in [2.45, 2.75) is 27.7 Å². The van der Waals surface area contributed by atoms with Crippen molar-refractivity contribution >= 4 is 67.6 Å². The molecule has 0 atom stereocenters. The minimum absolute atomic E-state index is 0.0614. The van der Waals surface area contributed by atoms with E-state index in [0.717, 1.165) is 15.6 Å². The molecule has 34 heavy (non-hydrogen) atoms. The van der Waals surface area contributed by atoms with Gasteiger partial charge in [0.05, 0.1) is 16.1 Å². The van der Waals surface area contributed by atoms with Crippen molar-refractivity contribution in [3.63, 3.8) is 0 Å². The van der Waals surface area contributed by atoms with Gasteiger partial charge in [-0.25, -0.2) is 4.98 Å². The van der Waals surface area contributed by atoms with E-state index in [9.17, 15) is 9.59 Å². The van der Waals surface area contributed by atoms with Gasteiger partial charge in [0.2, 0.25) is 17.4 Å². The minimum atomic E-state index is -0.724. The van der Waals surface area contributed by atoms with Gasteiger partial charge in [0.25, 0.3) is 0 Å². The van der Waals surface area contributed by atoms with E-state index in [0.29, 0.717) is 32.4 Å². The predicted molar refractivity (Wildman–Crippen MR) is 141 cm³/mol. The Morgan fingerprint density at radius 2 is 1.68 bits per heavy atom. The van der Waals surface area contributed by atoms with Crippen LogP contribution in [-0.2, 0) is 4.79 Å². The highest BCUT2D eigenvalue weighted by Crippen LogP contribution is 2.42. The van der Waals surface area contributed by atoms with Crippen molar-refractivity contribution < 1.29 is 14.0 Å². The summed E-state index contributed by atoms with van der Waals surface area (Å²) in [6.45, 7) is 6.76. The number of aromatic nitrogens is 1. The smallest absolute Gasteiger partial charge is 0.229 e. The van der Waals surface area contributed by atoms with Crippen LogP contribution in [0.3, 0.4) is 0 Å². The molecular formula is C26H21BrCl2N2O3. The summed E-state index contributed by atoms with van der Waals surface area (Å²) < 4.78 is 6.81. The van der Waals surface area contributed by atoms with Crippen LogP contribution in [0, 0.1) is 5.41 Å². The maximum absolute atomic E-state index is 13.2. The molecule has 0 unspecified atom stereocenters. The number of pyridine rings is 1. The molecule has 0 saturated heterocycles. The van der Waals surface area contributed by atoms with E-state index in [1.165, 1.54) is 6.92 Å². The van der Waals surface area contributed by atoms with Gasteiger partial charge in [-0.1, -0.05) is 78.1 Å². The fraction of sp³-hybridized carbons (Fsp3) is 0.192. The second kappa shape index (κ2) is 9.17. The first-order valence-electron chi connectivity index (χ1n) is 10.5. The molecule has 0 spiro atoms. The number of benzene rings is 2. The van der Waals surface area contributed by atoms with Crippen LogP contribution in [-0.4, -0.2) is 16.7 Å². The van der Waals surface area contributed by atoms with Crippen molar-refractivity contribution in [1.82, 2.24) is 4.98 Å². The van der Waals surface area contributed by atoms with Crippen molar-refractivity contribution in [1.29, 1.82) is 0 Å². The van der Waals surface area contributed by atoms with Gasteiger partial charge >= 0.3 is 0 Å². The van der Waals surface area contributed by atoms with Crippen LogP contribution in [0.25, 0.3) is 33.5 Å². The summed E-state index contributed by atoms with van der Waals surface area (Å²) in [5, 5.41) is 4.38. The number of fused-ring (bicyclic) bond motifs is 1. The molecule has 2 aromatic heterocycles. The Kier molecular flexibility index (Phi) is 6.60. The largest absolute Gasteiger partial charge is 0.432 e. The molecule has 0 aliphatic rings. The Bertz CT molecular complexity index is 1440. The molecule has 0 bridgehead atoms. The van der Waals surface area contributed by atoms with Crippen molar-refractivity contribution in [3.05, 3.63) is 68.8 Å². The lowest BCUT2D eigenvalue weighted by atomic mass is 9.89. The average molecular weight is 560 g/mol. The lowest BCUT2D eigenvalue weighted by Crippen LogP contribution is -2.21. The molecule has 8 heteroatoms. The van der Waals surface area contributed by atoms with Crippen LogP contribution < -0.4 is 5.32 Å². The maximum atomic E-state index is 13.2. The molecule has 2 heterocycles. The lowest BCUT2D eigenvalue weighted by molar-refractivity contribution is -0.114. The number of hydrogen-bond acceptors (Lipinski definition) is 4. The van der Waals surface area contributed by atoms with Gasteiger partial charge in [0, 0.05) is 33.0 Å². The van der Waals surface area contributed by atoms with Gasteiger partial charge in [-0.3, -0.25) is 9.59 Å². The van der Waals surface area contributed by atoms with Gasteiger partial charge in [-0.15, -0.1) is 0 Å². The molecule has 2 aromatic carbocycles. The Morgan fingerprint density at radius 1 is 1.00 bits per heavy atom. The number of rotatable bonds is 4. The fourth-order valence-corrected chi connectivity index (χ4v) is 4.45. The maximum Gasteiger partial charge on any atom is 0.229 e. The third-order valence-corrected chi connectivity index (χ3v) is 6.27. The van der Waals surface area contributed by atoms with Crippen LogP contribution >= 0.6 is 39.1 Å². The summed E-state index contributed by atoms with van der Waals surface area (Å²) in [6.07, 6.45) is 0. The van der Waals surface area contributed by atoms with Gasteiger partial charge < -0.3 is 9.73 Å². The van der Waals surface area contributed by atoms with E-state index in [4.69, 9.17) is 32.6 Å². The molecule has 0 saturated carbocycles. The number of carbonyl (C=O) groups excluding carboxylic acids is 2. The first-order chi connectivity index (χ1) is 16.0. The molecule has 0 aliphatic heterocycles. The Balaban J connectivity index is 2.08. The number of carbonyl (C=O) groups is 2. The number of nitrogens with zero attached hydrogens (tertiary/aromatic N) is 1. The van der Waals surface area contributed by atoms with Crippen LogP contribution in [0.5, 0.6) is 0 Å². The zero-order valence-corrected chi connectivity index (χ0v) is 22.0.